The Labute approximate surface area is 165 Å². The minimum atomic E-state index is -0.464. The Balaban J connectivity index is 1.85. The highest BCUT2D eigenvalue weighted by Gasteiger charge is 2.45. The molecule has 1 aromatic rings. The van der Waals surface area contributed by atoms with Crippen molar-refractivity contribution in [2.75, 3.05) is 5.75 Å². The summed E-state index contributed by atoms with van der Waals surface area (Å²) in [6.45, 7) is 4.01. The van der Waals surface area contributed by atoms with Crippen LogP contribution in [0.2, 0.25) is 0 Å². The standard InChI is InChI=1S/C21H29FN2O2S/c1-3-14(2)23-19(25)18-13-27-21(16-7-5-4-6-8-16)24(18)20(26)15-9-11-17(22)12-10-15/h9-12,14,16,18,21H,3-8,13H2,1-2H3,(H,23,25)/t14-,18-,21+/m0/s1. The third kappa shape index (κ3) is 4.65. The molecule has 1 aliphatic heterocycles. The van der Waals surface area contributed by atoms with Gasteiger partial charge in [-0.3, -0.25) is 9.59 Å². The molecular formula is C21H29FN2O2S. The summed E-state index contributed by atoms with van der Waals surface area (Å²) in [6, 6.07) is 5.26. The van der Waals surface area contributed by atoms with E-state index < -0.39 is 6.04 Å². The molecule has 0 radical (unpaired) electrons. The maximum Gasteiger partial charge on any atom is 0.255 e. The normalized spacial score (nSPS) is 24.6. The van der Waals surface area contributed by atoms with E-state index in [0.717, 1.165) is 19.3 Å². The number of hydrogen-bond acceptors (Lipinski definition) is 3. The number of nitrogens with one attached hydrogen (secondary N) is 1. The van der Waals surface area contributed by atoms with Gasteiger partial charge in [-0.2, -0.15) is 0 Å². The van der Waals surface area contributed by atoms with Crippen molar-refractivity contribution in [3.05, 3.63) is 35.6 Å². The van der Waals surface area contributed by atoms with Crippen molar-refractivity contribution in [1.29, 1.82) is 0 Å². The highest BCUT2D eigenvalue weighted by atomic mass is 32.2. The number of benzene rings is 1. The van der Waals surface area contributed by atoms with Gasteiger partial charge in [0.15, 0.2) is 0 Å². The Kier molecular flexibility index (Phi) is 6.79. The molecule has 2 amide bonds. The minimum absolute atomic E-state index is 0.0236. The quantitative estimate of drug-likeness (QED) is 0.817. The highest BCUT2D eigenvalue weighted by Crippen LogP contribution is 2.41. The molecule has 4 nitrogen and oxygen atoms in total. The maximum atomic E-state index is 13.3. The van der Waals surface area contributed by atoms with Gasteiger partial charge in [-0.1, -0.05) is 26.2 Å². The van der Waals surface area contributed by atoms with Crippen molar-refractivity contribution in [2.24, 2.45) is 5.92 Å². The van der Waals surface area contributed by atoms with E-state index in [0.29, 0.717) is 17.2 Å². The number of thioether (sulfide) groups is 1. The molecular weight excluding hydrogens is 363 g/mol. The average Bonchev–Trinajstić information content (AvgIpc) is 3.13. The van der Waals surface area contributed by atoms with Gasteiger partial charge in [0, 0.05) is 17.4 Å². The maximum absolute atomic E-state index is 13.3. The summed E-state index contributed by atoms with van der Waals surface area (Å²) in [5, 5.41) is 3.06. The molecule has 0 aromatic heterocycles. The van der Waals surface area contributed by atoms with Crippen molar-refractivity contribution >= 4 is 23.6 Å². The minimum Gasteiger partial charge on any atom is -0.352 e. The van der Waals surface area contributed by atoms with Crippen LogP contribution in [0.25, 0.3) is 0 Å². The molecule has 0 bridgehead atoms. The monoisotopic (exact) mass is 392 g/mol. The number of halogens is 1. The van der Waals surface area contributed by atoms with Crippen LogP contribution in [0.1, 0.15) is 62.7 Å². The Morgan fingerprint density at radius 2 is 1.89 bits per heavy atom. The van der Waals surface area contributed by atoms with E-state index >= 15 is 0 Å². The van der Waals surface area contributed by atoms with Crippen LogP contribution in [-0.2, 0) is 4.79 Å². The molecule has 0 unspecified atom stereocenters. The molecule has 1 saturated carbocycles. The fourth-order valence-electron chi connectivity index (χ4n) is 3.95. The average molecular weight is 393 g/mol. The smallest absolute Gasteiger partial charge is 0.255 e. The van der Waals surface area contributed by atoms with Crippen LogP contribution in [0.3, 0.4) is 0 Å². The largest absolute Gasteiger partial charge is 0.352 e. The summed E-state index contributed by atoms with van der Waals surface area (Å²) in [6.07, 6.45) is 6.67. The van der Waals surface area contributed by atoms with Gasteiger partial charge in [0.2, 0.25) is 5.91 Å². The lowest BCUT2D eigenvalue weighted by Crippen LogP contribution is -2.52. The van der Waals surface area contributed by atoms with Gasteiger partial charge in [0.05, 0.1) is 5.37 Å². The zero-order valence-corrected chi connectivity index (χ0v) is 16.9. The predicted octanol–water partition coefficient (Wildman–Crippen LogP) is 4.20. The lowest BCUT2D eigenvalue weighted by Gasteiger charge is -2.35. The zero-order valence-electron chi connectivity index (χ0n) is 16.1. The van der Waals surface area contributed by atoms with Crippen molar-refractivity contribution < 1.29 is 14.0 Å². The summed E-state index contributed by atoms with van der Waals surface area (Å²) in [5.41, 5.74) is 0.445. The summed E-state index contributed by atoms with van der Waals surface area (Å²) in [4.78, 5) is 27.9. The third-order valence-corrected chi connectivity index (χ3v) is 7.18. The number of hydrogen-bond donors (Lipinski definition) is 1. The van der Waals surface area contributed by atoms with Crippen molar-refractivity contribution in [3.63, 3.8) is 0 Å². The Morgan fingerprint density at radius 1 is 1.22 bits per heavy atom. The fourth-order valence-corrected chi connectivity index (χ4v) is 5.59. The highest BCUT2D eigenvalue weighted by molar-refractivity contribution is 8.00. The van der Waals surface area contributed by atoms with E-state index in [2.05, 4.69) is 5.32 Å². The first-order chi connectivity index (χ1) is 13.0. The topological polar surface area (TPSA) is 49.4 Å². The van der Waals surface area contributed by atoms with Gasteiger partial charge in [-0.05, 0) is 56.4 Å². The predicted molar refractivity (Wildman–Crippen MR) is 107 cm³/mol. The van der Waals surface area contributed by atoms with Gasteiger partial charge < -0.3 is 10.2 Å². The number of carbonyl (C=O) groups is 2. The van der Waals surface area contributed by atoms with Crippen LogP contribution >= 0.6 is 11.8 Å². The fraction of sp³-hybridized carbons (Fsp3) is 0.619. The van der Waals surface area contributed by atoms with Crippen LogP contribution in [0.4, 0.5) is 4.39 Å². The number of nitrogens with zero attached hydrogens (tertiary/aromatic N) is 1. The van der Waals surface area contributed by atoms with E-state index in [-0.39, 0.29) is 29.0 Å². The Hall–Kier alpha value is -1.56. The molecule has 0 spiro atoms. The van der Waals surface area contributed by atoms with E-state index in [1.165, 1.54) is 43.5 Å². The molecule has 1 aromatic carbocycles. The van der Waals surface area contributed by atoms with Crippen LogP contribution in [0, 0.1) is 11.7 Å². The molecule has 1 aliphatic carbocycles. The molecule has 3 atom stereocenters. The van der Waals surface area contributed by atoms with Crippen LogP contribution in [-0.4, -0.2) is 39.9 Å². The lowest BCUT2D eigenvalue weighted by molar-refractivity contribution is -0.125. The summed E-state index contributed by atoms with van der Waals surface area (Å²) in [7, 11) is 0. The van der Waals surface area contributed by atoms with Gasteiger partial charge in [-0.15, -0.1) is 11.8 Å². The number of rotatable bonds is 5. The molecule has 1 saturated heterocycles. The van der Waals surface area contributed by atoms with Gasteiger partial charge >= 0.3 is 0 Å². The van der Waals surface area contributed by atoms with Crippen LogP contribution in [0.15, 0.2) is 24.3 Å². The van der Waals surface area contributed by atoms with Gasteiger partial charge in [-0.25, -0.2) is 4.39 Å². The SMILES string of the molecule is CC[C@H](C)NC(=O)[C@@H]1CS[C@H](C2CCCCC2)N1C(=O)c1ccc(F)cc1. The lowest BCUT2D eigenvalue weighted by atomic mass is 9.88. The molecule has 27 heavy (non-hydrogen) atoms. The first-order valence-corrected chi connectivity index (χ1v) is 11.1. The van der Waals surface area contributed by atoms with Crippen molar-refractivity contribution in [3.8, 4) is 0 Å². The van der Waals surface area contributed by atoms with Gasteiger partial charge in [0.1, 0.15) is 11.9 Å². The second-order valence-electron chi connectivity index (χ2n) is 7.67. The first kappa shape index (κ1) is 20.2. The molecule has 2 aliphatic rings. The molecule has 1 heterocycles. The van der Waals surface area contributed by atoms with E-state index in [9.17, 15) is 14.0 Å². The molecule has 6 heteroatoms. The molecule has 2 fully saturated rings. The molecule has 148 valence electrons. The Morgan fingerprint density at radius 3 is 2.52 bits per heavy atom. The van der Waals surface area contributed by atoms with Crippen molar-refractivity contribution in [1.82, 2.24) is 10.2 Å². The first-order valence-electron chi connectivity index (χ1n) is 10.0. The summed E-state index contributed by atoms with van der Waals surface area (Å²) < 4.78 is 13.3. The van der Waals surface area contributed by atoms with Crippen LogP contribution in [0.5, 0.6) is 0 Å². The molecule has 3 rings (SSSR count). The Bertz CT molecular complexity index is 661. The second-order valence-corrected chi connectivity index (χ2v) is 8.82. The number of amides is 2. The van der Waals surface area contributed by atoms with E-state index in [1.54, 1.807) is 16.7 Å². The third-order valence-electron chi connectivity index (χ3n) is 5.72. The summed E-state index contributed by atoms with van der Waals surface area (Å²) >= 11 is 1.72. The van der Waals surface area contributed by atoms with Gasteiger partial charge in [0.25, 0.3) is 5.91 Å². The van der Waals surface area contributed by atoms with Crippen LogP contribution < -0.4 is 5.32 Å². The van der Waals surface area contributed by atoms with E-state index in [4.69, 9.17) is 0 Å². The summed E-state index contributed by atoms with van der Waals surface area (Å²) in [5.74, 6) is 0.438. The van der Waals surface area contributed by atoms with E-state index in [1.807, 2.05) is 13.8 Å². The number of carbonyl (C=O) groups excluding carboxylic acids is 2. The molecule has 1 N–H and O–H groups in total. The van der Waals surface area contributed by atoms with Crippen molar-refractivity contribution in [2.45, 2.75) is 69.8 Å². The zero-order chi connectivity index (χ0) is 19.4. The second kappa shape index (κ2) is 9.09.